The molecule has 6 N–H and O–H groups in total. The third-order valence-electron chi connectivity index (χ3n) is 12.9. The molecule has 2 heterocycles. The highest BCUT2D eigenvalue weighted by atomic mass is 31.3. The minimum absolute atomic E-state index is 0.0570. The van der Waals surface area contributed by atoms with Crippen molar-refractivity contribution in [2.75, 3.05) is 25.6 Å². The number of nitrogen functional groups attached to an aromatic ring is 1. The van der Waals surface area contributed by atoms with Crippen molar-refractivity contribution in [1.29, 1.82) is 0 Å². The van der Waals surface area contributed by atoms with Gasteiger partial charge in [-0.05, 0) is 30.7 Å². The monoisotopic (exact) mass is 1040 g/mol. The summed E-state index contributed by atoms with van der Waals surface area (Å²) in [6.45, 7) is 6.85. The number of phosphoric acid groups is 2. The maximum Gasteiger partial charge on any atom is 0.481 e. The van der Waals surface area contributed by atoms with Crippen LogP contribution in [0.1, 0.15) is 227 Å². The maximum atomic E-state index is 12.9. The van der Waals surface area contributed by atoms with E-state index in [2.05, 4.69) is 37.0 Å². The molecule has 0 aliphatic carbocycles. The van der Waals surface area contributed by atoms with Gasteiger partial charge in [-0.1, -0.05) is 195 Å². The van der Waals surface area contributed by atoms with E-state index in [1.165, 1.54) is 128 Å². The predicted molar refractivity (Wildman–Crippen MR) is 270 cm³/mol. The van der Waals surface area contributed by atoms with E-state index in [4.69, 9.17) is 29.0 Å². The Labute approximate surface area is 419 Å². The van der Waals surface area contributed by atoms with Gasteiger partial charge in [-0.25, -0.2) is 13.9 Å². The van der Waals surface area contributed by atoms with Crippen molar-refractivity contribution < 1.29 is 66.3 Å². The lowest BCUT2D eigenvalue weighted by Gasteiger charge is -2.21. The zero-order valence-corrected chi connectivity index (χ0v) is 45.0. The summed E-state index contributed by atoms with van der Waals surface area (Å²) in [7, 11) is -10.8. The van der Waals surface area contributed by atoms with E-state index in [0.29, 0.717) is 12.8 Å². The first-order valence-electron chi connectivity index (χ1n) is 26.8. The Morgan fingerprint density at radius 1 is 0.686 bits per heavy atom. The third-order valence-corrected chi connectivity index (χ3v) is 15.5. The van der Waals surface area contributed by atoms with E-state index in [9.17, 15) is 43.5 Å². The molecule has 1 aliphatic heterocycles. The average Bonchev–Trinajstić information content (AvgIpc) is 3.58. The van der Waals surface area contributed by atoms with E-state index >= 15 is 0 Å². The molecule has 0 radical (unpaired) electrons. The van der Waals surface area contributed by atoms with Crippen LogP contribution in [0, 0.1) is 11.8 Å². The molecule has 0 spiro atoms. The van der Waals surface area contributed by atoms with Crippen LogP contribution in [0.2, 0.25) is 0 Å². The van der Waals surface area contributed by atoms with Crippen molar-refractivity contribution in [2.24, 2.45) is 11.8 Å². The number of anilines is 1. The minimum atomic E-state index is -5.42. The summed E-state index contributed by atoms with van der Waals surface area (Å²) in [6, 6.07) is 1.25. The second kappa shape index (κ2) is 37.5. The Kier molecular flexibility index (Phi) is 34.2. The average molecular weight is 1040 g/mol. The van der Waals surface area contributed by atoms with Crippen LogP contribution in [0.15, 0.2) is 17.1 Å². The number of hydrogen-bond acceptors (Lipinski definition) is 15. The Bertz CT molecular complexity index is 1700. The summed E-state index contributed by atoms with van der Waals surface area (Å²) in [4.78, 5) is 62.0. The number of unbranched alkanes of at least 4 members (excludes halogenated alkanes) is 23. The molecular formula is C50H93N3O15P2. The van der Waals surface area contributed by atoms with Gasteiger partial charge in [0, 0.05) is 19.0 Å². The molecule has 1 aromatic heterocycles. The van der Waals surface area contributed by atoms with Crippen molar-refractivity contribution in [1.82, 2.24) is 9.55 Å². The Hall–Kier alpha value is -2.24. The summed E-state index contributed by atoms with van der Waals surface area (Å²) >= 11 is 0. The van der Waals surface area contributed by atoms with Crippen LogP contribution in [-0.2, 0) is 46.3 Å². The molecule has 1 aliphatic rings. The highest BCUT2D eigenvalue weighted by molar-refractivity contribution is 7.61. The Morgan fingerprint density at radius 2 is 1.14 bits per heavy atom. The quantitative estimate of drug-likeness (QED) is 0.0231. The van der Waals surface area contributed by atoms with E-state index in [1.54, 1.807) is 0 Å². The smallest absolute Gasteiger partial charge is 0.462 e. The number of nitrogens with zero attached hydrogens (tertiary/aromatic N) is 2. The number of aliphatic hydroxyl groups is 2. The fourth-order valence-electron chi connectivity index (χ4n) is 8.36. The molecule has 1 aromatic rings. The fourth-order valence-corrected chi connectivity index (χ4v) is 10.5. The standard InChI is InChI=1S/C50H93N3O15P2/c1-5-41(4)32-28-24-20-16-12-8-6-7-9-13-18-22-26-30-34-46(55)66-42(37-63-45(54)33-29-25-21-17-14-10-11-15-19-23-27-31-40(2)3)38-64-69(59,60)68-70(61,62)65-39-43-47(56)48(57)49(67-43)53-36-35-44(51)52-50(53)58/h35-36,40-43,47-49,56-57H,5-34,37-39H2,1-4H3,(H,59,60)(H,61,62)(H2,51,52,58)/t41?,42-,43-,47+,48?,49-/m1/s1. The maximum absolute atomic E-state index is 12.9. The van der Waals surface area contributed by atoms with Gasteiger partial charge in [-0.3, -0.25) is 23.2 Å². The topological polar surface area (TPSA) is 265 Å². The molecule has 20 heteroatoms. The second-order valence-corrected chi connectivity index (χ2v) is 22.9. The van der Waals surface area contributed by atoms with Gasteiger partial charge in [0.2, 0.25) is 0 Å². The van der Waals surface area contributed by atoms with Gasteiger partial charge in [0.25, 0.3) is 0 Å². The number of aliphatic hydroxyl groups excluding tert-OH is 2. The van der Waals surface area contributed by atoms with E-state index in [1.807, 2.05) is 0 Å². The summed E-state index contributed by atoms with van der Waals surface area (Å²) in [5, 5.41) is 20.9. The number of ether oxygens (including phenoxy) is 3. The van der Waals surface area contributed by atoms with Crippen molar-refractivity contribution in [3.05, 3.63) is 22.7 Å². The van der Waals surface area contributed by atoms with Crippen LogP contribution in [-0.4, -0.2) is 85.7 Å². The van der Waals surface area contributed by atoms with Gasteiger partial charge in [-0.15, -0.1) is 0 Å². The summed E-state index contributed by atoms with van der Waals surface area (Å²) in [5.74, 6) is 0.337. The predicted octanol–water partition coefficient (Wildman–Crippen LogP) is 11.2. The van der Waals surface area contributed by atoms with Gasteiger partial charge in [0.05, 0.1) is 13.2 Å². The molecule has 2 rings (SSSR count). The number of hydrogen-bond donors (Lipinski definition) is 5. The van der Waals surface area contributed by atoms with Gasteiger partial charge in [0.1, 0.15) is 30.7 Å². The van der Waals surface area contributed by atoms with Crippen molar-refractivity contribution in [3.8, 4) is 0 Å². The zero-order chi connectivity index (χ0) is 51.6. The summed E-state index contributed by atoms with van der Waals surface area (Å²) in [6.07, 6.45) is 26.1. The molecule has 0 saturated carbocycles. The first-order chi connectivity index (χ1) is 33.4. The second-order valence-electron chi connectivity index (χ2n) is 19.8. The number of aromatic nitrogens is 2. The van der Waals surface area contributed by atoms with Gasteiger partial charge in [0.15, 0.2) is 12.3 Å². The number of carbonyl (C=O) groups excluding carboxylic acids is 2. The molecule has 70 heavy (non-hydrogen) atoms. The molecule has 1 saturated heterocycles. The number of nitrogens with two attached hydrogens (primary N) is 1. The number of phosphoric ester groups is 2. The SMILES string of the molecule is CCC(C)CCCCCCCCCCCCCCCCC(=O)O[C@H](COC(=O)CCCCCCCCCCCCCC(C)C)COP(=O)(O)OP(=O)(O)OC[C@H]1O[C@@H](n2ccc(N)nc2=O)C(O)[C@H]1O. The molecule has 4 unspecified atom stereocenters. The highest BCUT2D eigenvalue weighted by Gasteiger charge is 2.46. The van der Waals surface area contributed by atoms with E-state index in [-0.39, 0.29) is 18.7 Å². The first kappa shape index (κ1) is 63.9. The van der Waals surface area contributed by atoms with Crippen LogP contribution in [0.25, 0.3) is 0 Å². The molecule has 0 amide bonds. The first-order valence-corrected chi connectivity index (χ1v) is 29.8. The van der Waals surface area contributed by atoms with Crippen molar-refractivity contribution >= 4 is 33.4 Å². The molecule has 0 aromatic carbocycles. The molecule has 8 atom stereocenters. The van der Waals surface area contributed by atoms with Crippen LogP contribution in [0.3, 0.4) is 0 Å². The van der Waals surface area contributed by atoms with E-state index in [0.717, 1.165) is 67.8 Å². The summed E-state index contributed by atoms with van der Waals surface area (Å²) < 4.78 is 56.9. The lowest BCUT2D eigenvalue weighted by atomic mass is 9.99. The largest absolute Gasteiger partial charge is 0.481 e. The van der Waals surface area contributed by atoms with Crippen LogP contribution < -0.4 is 11.4 Å². The number of rotatable bonds is 44. The van der Waals surface area contributed by atoms with Gasteiger partial charge < -0.3 is 39.9 Å². The number of carbonyl (C=O) groups is 2. The summed E-state index contributed by atoms with van der Waals surface area (Å²) in [5.41, 5.74) is 4.60. The molecule has 408 valence electrons. The minimum Gasteiger partial charge on any atom is -0.462 e. The van der Waals surface area contributed by atoms with E-state index < -0.39 is 83.7 Å². The third kappa shape index (κ3) is 30.7. The van der Waals surface area contributed by atoms with Crippen LogP contribution in [0.5, 0.6) is 0 Å². The van der Waals surface area contributed by atoms with Crippen LogP contribution in [0.4, 0.5) is 5.82 Å². The normalized spacial score (nSPS) is 19.7. The zero-order valence-electron chi connectivity index (χ0n) is 43.2. The molecule has 0 bridgehead atoms. The highest BCUT2D eigenvalue weighted by Crippen LogP contribution is 2.60. The lowest BCUT2D eigenvalue weighted by molar-refractivity contribution is -0.161. The molecule has 1 fully saturated rings. The Balaban J connectivity index is 1.77. The van der Waals surface area contributed by atoms with Crippen LogP contribution >= 0.6 is 15.6 Å². The Morgan fingerprint density at radius 3 is 1.63 bits per heavy atom. The van der Waals surface area contributed by atoms with Crippen molar-refractivity contribution in [3.63, 3.8) is 0 Å². The van der Waals surface area contributed by atoms with Gasteiger partial charge in [-0.2, -0.15) is 9.29 Å². The number of esters is 2. The lowest BCUT2D eigenvalue weighted by Crippen LogP contribution is -2.36. The fraction of sp³-hybridized carbons (Fsp3) is 0.880. The molecular weight excluding hydrogens is 945 g/mol. The molecule has 18 nitrogen and oxygen atoms in total. The van der Waals surface area contributed by atoms with Crippen molar-refractivity contribution in [2.45, 2.75) is 251 Å². The van der Waals surface area contributed by atoms with Gasteiger partial charge >= 0.3 is 33.3 Å².